The fourth-order valence-corrected chi connectivity index (χ4v) is 6.56. The Morgan fingerprint density at radius 3 is 2.43 bits per heavy atom. The lowest BCUT2D eigenvalue weighted by atomic mass is 9.83. The first-order chi connectivity index (χ1) is 20.5. The van der Waals surface area contributed by atoms with Crippen molar-refractivity contribution in [2.24, 2.45) is 11.8 Å². The molecule has 4 aromatic rings. The van der Waals surface area contributed by atoms with Crippen molar-refractivity contribution in [1.82, 2.24) is 25.0 Å². The summed E-state index contributed by atoms with van der Waals surface area (Å²) in [5.41, 5.74) is 3.84. The van der Waals surface area contributed by atoms with E-state index in [0.717, 1.165) is 37.1 Å². The molecule has 10 heteroatoms. The van der Waals surface area contributed by atoms with Crippen LogP contribution in [0.4, 0.5) is 10.3 Å². The van der Waals surface area contributed by atoms with E-state index in [9.17, 15) is 9.59 Å². The minimum absolute atomic E-state index is 0.0311. The molecule has 2 aromatic heterocycles. The standard InChI is InChI=1S/C32H35FN6O3/c1-42-37-30(40)24-18-34-32(35-19-24)38-16-14-21(15-17-38)20-39-29(36-26-13-7-12-25(33)28(26)31(39)41)27(23-10-5-6-11-23)22-8-3-2-4-9-22/h2-4,7-9,12-13,18-19,21,23,27H,5-6,10-11,14-17,20H2,1H3,(H,37,40). The van der Waals surface area contributed by atoms with E-state index in [1.54, 1.807) is 16.7 Å². The van der Waals surface area contributed by atoms with Gasteiger partial charge in [0.25, 0.3) is 11.5 Å². The number of hydroxylamine groups is 1. The number of fused-ring (bicyclic) bond motifs is 1. The second-order valence-electron chi connectivity index (χ2n) is 11.3. The van der Waals surface area contributed by atoms with Crippen molar-refractivity contribution >= 4 is 22.8 Å². The predicted molar refractivity (Wildman–Crippen MR) is 158 cm³/mol. The van der Waals surface area contributed by atoms with Crippen LogP contribution in [0.3, 0.4) is 0 Å². The molecule has 6 rings (SSSR count). The number of nitrogens with zero attached hydrogens (tertiary/aromatic N) is 5. The van der Waals surface area contributed by atoms with E-state index in [0.29, 0.717) is 42.6 Å². The normalized spacial score (nSPS) is 17.0. The Labute approximate surface area is 243 Å². The SMILES string of the molecule is CONC(=O)c1cnc(N2CCC(Cn3c(C(c4ccccc4)C4CCCC4)nc4cccc(F)c4c3=O)CC2)nc1. The lowest BCUT2D eigenvalue weighted by Gasteiger charge is -2.33. The maximum absolute atomic E-state index is 15.0. The summed E-state index contributed by atoms with van der Waals surface area (Å²) in [4.78, 5) is 46.5. The highest BCUT2D eigenvalue weighted by Crippen LogP contribution is 2.41. The number of carbonyl (C=O) groups excluding carboxylic acids is 1. The van der Waals surface area contributed by atoms with Gasteiger partial charge in [-0.3, -0.25) is 19.0 Å². The van der Waals surface area contributed by atoms with E-state index in [4.69, 9.17) is 4.98 Å². The number of halogens is 1. The number of hydrogen-bond acceptors (Lipinski definition) is 7. The van der Waals surface area contributed by atoms with Gasteiger partial charge in [-0.05, 0) is 55.2 Å². The van der Waals surface area contributed by atoms with E-state index in [-0.39, 0.29) is 22.8 Å². The molecule has 0 bridgehead atoms. The Morgan fingerprint density at radius 1 is 1.02 bits per heavy atom. The minimum atomic E-state index is -0.531. The highest BCUT2D eigenvalue weighted by molar-refractivity contribution is 5.92. The second kappa shape index (κ2) is 12.4. The van der Waals surface area contributed by atoms with Crippen LogP contribution in [0.5, 0.6) is 0 Å². The molecule has 1 amide bonds. The molecule has 2 fully saturated rings. The summed E-state index contributed by atoms with van der Waals surface area (Å²) in [5.74, 6) is 0.913. The fourth-order valence-electron chi connectivity index (χ4n) is 6.56. The van der Waals surface area contributed by atoms with Crippen molar-refractivity contribution in [3.05, 3.63) is 94.0 Å². The molecule has 2 aromatic carbocycles. The van der Waals surface area contributed by atoms with Crippen molar-refractivity contribution in [3.63, 3.8) is 0 Å². The summed E-state index contributed by atoms with van der Waals surface area (Å²) in [6, 6.07) is 15.0. The van der Waals surface area contributed by atoms with Crippen molar-refractivity contribution in [2.75, 3.05) is 25.1 Å². The lowest BCUT2D eigenvalue weighted by Crippen LogP contribution is -2.38. The predicted octanol–water partition coefficient (Wildman–Crippen LogP) is 4.86. The van der Waals surface area contributed by atoms with Crippen molar-refractivity contribution < 1.29 is 14.0 Å². The minimum Gasteiger partial charge on any atom is -0.341 e. The molecule has 0 spiro atoms. The third-order valence-electron chi connectivity index (χ3n) is 8.70. The Kier molecular flexibility index (Phi) is 8.23. The van der Waals surface area contributed by atoms with Crippen LogP contribution in [0.15, 0.2) is 65.7 Å². The molecule has 1 saturated heterocycles. The average Bonchev–Trinajstić information content (AvgIpc) is 3.55. The zero-order valence-electron chi connectivity index (χ0n) is 23.7. The van der Waals surface area contributed by atoms with Gasteiger partial charge >= 0.3 is 0 Å². The maximum Gasteiger partial charge on any atom is 0.277 e. The molecule has 2 aliphatic rings. The number of amides is 1. The van der Waals surface area contributed by atoms with Gasteiger partial charge in [-0.1, -0.05) is 49.2 Å². The van der Waals surface area contributed by atoms with Gasteiger partial charge < -0.3 is 4.90 Å². The first-order valence-corrected chi connectivity index (χ1v) is 14.7. The average molecular weight is 571 g/mol. The zero-order chi connectivity index (χ0) is 29.1. The summed E-state index contributed by atoms with van der Waals surface area (Å²) >= 11 is 0. The summed E-state index contributed by atoms with van der Waals surface area (Å²) in [6.45, 7) is 1.89. The van der Waals surface area contributed by atoms with E-state index in [1.807, 2.05) is 18.2 Å². The smallest absolute Gasteiger partial charge is 0.277 e. The van der Waals surface area contributed by atoms with Crippen LogP contribution in [0.2, 0.25) is 0 Å². The monoisotopic (exact) mass is 570 g/mol. The molecule has 3 heterocycles. The molecule has 42 heavy (non-hydrogen) atoms. The molecular weight excluding hydrogens is 535 g/mol. The van der Waals surface area contributed by atoms with Crippen LogP contribution >= 0.6 is 0 Å². The second-order valence-corrected chi connectivity index (χ2v) is 11.3. The van der Waals surface area contributed by atoms with Crippen LogP contribution in [-0.4, -0.2) is 45.6 Å². The first kappa shape index (κ1) is 28.0. The topological polar surface area (TPSA) is 102 Å². The van der Waals surface area contributed by atoms with Gasteiger partial charge in [0.1, 0.15) is 17.0 Å². The van der Waals surface area contributed by atoms with Gasteiger partial charge in [0.2, 0.25) is 5.95 Å². The molecule has 1 saturated carbocycles. The summed E-state index contributed by atoms with van der Waals surface area (Å²) < 4.78 is 16.8. The molecule has 1 aliphatic heterocycles. The number of benzene rings is 2. The molecule has 9 nitrogen and oxygen atoms in total. The molecule has 218 valence electrons. The molecule has 1 unspecified atom stereocenters. The third-order valence-corrected chi connectivity index (χ3v) is 8.70. The van der Waals surface area contributed by atoms with Crippen LogP contribution in [0.1, 0.15) is 66.2 Å². The number of aromatic nitrogens is 4. The number of rotatable bonds is 8. The van der Waals surface area contributed by atoms with E-state index in [2.05, 4.69) is 37.3 Å². The van der Waals surface area contributed by atoms with Gasteiger partial charge in [-0.25, -0.2) is 24.8 Å². The van der Waals surface area contributed by atoms with E-state index >= 15 is 4.39 Å². The van der Waals surface area contributed by atoms with Gasteiger partial charge in [-0.2, -0.15) is 0 Å². The van der Waals surface area contributed by atoms with Crippen molar-refractivity contribution in [1.29, 1.82) is 0 Å². The molecule has 1 atom stereocenters. The van der Waals surface area contributed by atoms with Gasteiger partial charge in [0.05, 0.1) is 18.2 Å². The summed E-state index contributed by atoms with van der Waals surface area (Å²) in [7, 11) is 1.37. The number of carbonyl (C=O) groups is 1. The van der Waals surface area contributed by atoms with Gasteiger partial charge in [0.15, 0.2) is 0 Å². The van der Waals surface area contributed by atoms with Crippen LogP contribution in [0, 0.1) is 17.7 Å². The largest absolute Gasteiger partial charge is 0.341 e. The number of piperidine rings is 1. The summed E-state index contributed by atoms with van der Waals surface area (Å²) in [5, 5.41) is 0.0583. The van der Waals surface area contributed by atoms with Gasteiger partial charge in [0, 0.05) is 37.9 Å². The fraction of sp³-hybridized carbons (Fsp3) is 0.406. The van der Waals surface area contributed by atoms with Crippen molar-refractivity contribution in [3.8, 4) is 0 Å². The zero-order valence-corrected chi connectivity index (χ0v) is 23.7. The van der Waals surface area contributed by atoms with Gasteiger partial charge in [-0.15, -0.1) is 0 Å². The summed E-state index contributed by atoms with van der Waals surface area (Å²) in [6.07, 6.45) is 9.10. The molecule has 0 radical (unpaired) electrons. The highest BCUT2D eigenvalue weighted by Gasteiger charge is 2.33. The van der Waals surface area contributed by atoms with Crippen LogP contribution in [0.25, 0.3) is 10.9 Å². The van der Waals surface area contributed by atoms with E-state index in [1.165, 1.54) is 38.4 Å². The number of hydrogen-bond donors (Lipinski definition) is 1. The Morgan fingerprint density at radius 2 is 1.74 bits per heavy atom. The molecule has 1 aliphatic carbocycles. The Hall–Kier alpha value is -4.18. The lowest BCUT2D eigenvalue weighted by molar-refractivity contribution is 0.0537. The Balaban J connectivity index is 1.29. The number of nitrogens with one attached hydrogen (secondary N) is 1. The molecular formula is C32H35FN6O3. The van der Waals surface area contributed by atoms with Crippen molar-refractivity contribution in [2.45, 2.75) is 51.0 Å². The first-order valence-electron chi connectivity index (χ1n) is 14.7. The number of anilines is 1. The van der Waals surface area contributed by atoms with Crippen LogP contribution < -0.4 is 15.9 Å². The van der Waals surface area contributed by atoms with Crippen LogP contribution in [-0.2, 0) is 11.4 Å². The third kappa shape index (κ3) is 5.63. The van der Waals surface area contributed by atoms with E-state index < -0.39 is 11.7 Å². The highest BCUT2D eigenvalue weighted by atomic mass is 19.1. The Bertz CT molecular complexity index is 1600. The molecule has 1 N–H and O–H groups in total. The quantitative estimate of drug-likeness (QED) is 0.302. The maximum atomic E-state index is 15.0.